The predicted octanol–water partition coefficient (Wildman–Crippen LogP) is 3.96. The average molecular weight is 344 g/mol. The molecule has 0 aliphatic rings. The summed E-state index contributed by atoms with van der Waals surface area (Å²) in [5, 5.41) is 0. The van der Waals surface area contributed by atoms with Gasteiger partial charge in [0.05, 0.1) is 23.4 Å². The van der Waals surface area contributed by atoms with Gasteiger partial charge in [0, 0.05) is 11.0 Å². The van der Waals surface area contributed by atoms with Crippen LogP contribution in [0, 0.1) is 13.8 Å². The van der Waals surface area contributed by atoms with Crippen LogP contribution in [0.2, 0.25) is 0 Å². The maximum atomic E-state index is 6.05. The maximum Gasteiger partial charge on any atom is 0.0964 e. The third-order valence-corrected chi connectivity index (χ3v) is 4.74. The molecule has 0 fully saturated rings. The van der Waals surface area contributed by atoms with Crippen molar-refractivity contribution in [3.63, 3.8) is 0 Å². The summed E-state index contributed by atoms with van der Waals surface area (Å²) in [6.07, 6.45) is 1.89. The van der Waals surface area contributed by atoms with E-state index in [-0.39, 0.29) is 6.04 Å². The first-order chi connectivity index (χ1) is 10.1. The molecule has 108 valence electrons. The highest BCUT2D eigenvalue weighted by Gasteiger charge is 2.17. The fourth-order valence-electron chi connectivity index (χ4n) is 2.67. The molecular weight excluding hydrogens is 326 g/mol. The maximum absolute atomic E-state index is 6.05. The number of fused-ring (bicyclic) bond motifs is 1. The van der Waals surface area contributed by atoms with E-state index < -0.39 is 0 Å². The summed E-state index contributed by atoms with van der Waals surface area (Å²) < 4.78 is 3.24. The Labute approximate surface area is 132 Å². The number of imidazole rings is 1. The molecule has 3 aromatic rings. The molecule has 3 nitrogen and oxygen atoms in total. The highest BCUT2D eigenvalue weighted by Crippen LogP contribution is 2.29. The van der Waals surface area contributed by atoms with E-state index in [1.54, 1.807) is 0 Å². The highest BCUT2D eigenvalue weighted by atomic mass is 79.9. The molecule has 1 atom stereocenters. The lowest BCUT2D eigenvalue weighted by Gasteiger charge is -2.19. The van der Waals surface area contributed by atoms with Gasteiger partial charge >= 0.3 is 0 Å². The Kier molecular flexibility index (Phi) is 3.83. The molecule has 0 spiro atoms. The number of nitrogens with zero attached hydrogens (tertiary/aromatic N) is 2. The number of hydrogen-bond acceptors (Lipinski definition) is 2. The quantitative estimate of drug-likeness (QED) is 0.781. The van der Waals surface area contributed by atoms with Crippen LogP contribution < -0.4 is 5.73 Å². The van der Waals surface area contributed by atoms with Crippen molar-refractivity contribution < 1.29 is 0 Å². The molecule has 0 saturated carbocycles. The molecular formula is C17H18BrN3. The lowest BCUT2D eigenvalue weighted by Crippen LogP contribution is -2.20. The van der Waals surface area contributed by atoms with Gasteiger partial charge in [0.25, 0.3) is 0 Å². The molecule has 4 heteroatoms. The van der Waals surface area contributed by atoms with Crippen LogP contribution in [-0.2, 0) is 0 Å². The van der Waals surface area contributed by atoms with Gasteiger partial charge in [-0.1, -0.05) is 34.1 Å². The summed E-state index contributed by atoms with van der Waals surface area (Å²) in [4.78, 5) is 4.54. The number of benzene rings is 2. The summed E-state index contributed by atoms with van der Waals surface area (Å²) in [5.74, 6) is 0. The molecule has 2 aromatic carbocycles. The van der Waals surface area contributed by atoms with Gasteiger partial charge in [0.15, 0.2) is 0 Å². The zero-order valence-electron chi connectivity index (χ0n) is 12.2. The average Bonchev–Trinajstić information content (AvgIpc) is 2.85. The van der Waals surface area contributed by atoms with Crippen molar-refractivity contribution in [2.45, 2.75) is 19.9 Å². The SMILES string of the molecule is Cc1cc2ncn(C(CN)c3ccccc3Br)c2cc1C. The van der Waals surface area contributed by atoms with Crippen molar-refractivity contribution >= 4 is 27.0 Å². The van der Waals surface area contributed by atoms with Gasteiger partial charge in [0.2, 0.25) is 0 Å². The summed E-state index contributed by atoms with van der Waals surface area (Å²) in [6, 6.07) is 12.6. The van der Waals surface area contributed by atoms with Crippen molar-refractivity contribution in [3.05, 3.63) is 63.9 Å². The van der Waals surface area contributed by atoms with Crippen molar-refractivity contribution in [3.8, 4) is 0 Å². The topological polar surface area (TPSA) is 43.8 Å². The fourth-order valence-corrected chi connectivity index (χ4v) is 3.22. The minimum absolute atomic E-state index is 0.0766. The first-order valence-electron chi connectivity index (χ1n) is 7.00. The summed E-state index contributed by atoms with van der Waals surface area (Å²) >= 11 is 3.62. The van der Waals surface area contributed by atoms with E-state index in [4.69, 9.17) is 5.73 Å². The highest BCUT2D eigenvalue weighted by molar-refractivity contribution is 9.10. The van der Waals surface area contributed by atoms with Crippen LogP contribution in [0.15, 0.2) is 47.2 Å². The molecule has 0 radical (unpaired) electrons. The van der Waals surface area contributed by atoms with Gasteiger partial charge in [0.1, 0.15) is 0 Å². The Morgan fingerprint density at radius 1 is 1.19 bits per heavy atom. The van der Waals surface area contributed by atoms with E-state index in [0.29, 0.717) is 6.54 Å². The third-order valence-electron chi connectivity index (χ3n) is 4.01. The molecule has 1 aromatic heterocycles. The normalized spacial score (nSPS) is 12.8. The Balaban J connectivity index is 2.18. The second-order valence-corrected chi connectivity index (χ2v) is 6.20. The number of hydrogen-bond donors (Lipinski definition) is 1. The van der Waals surface area contributed by atoms with Crippen LogP contribution >= 0.6 is 15.9 Å². The summed E-state index contributed by atoms with van der Waals surface area (Å²) in [6.45, 7) is 4.77. The number of rotatable bonds is 3. The smallest absolute Gasteiger partial charge is 0.0964 e. The number of nitrogens with two attached hydrogens (primary N) is 1. The van der Waals surface area contributed by atoms with Gasteiger partial charge in [-0.05, 0) is 48.7 Å². The van der Waals surface area contributed by atoms with Gasteiger partial charge in [-0.3, -0.25) is 0 Å². The molecule has 3 rings (SSSR count). The Morgan fingerprint density at radius 2 is 1.90 bits per heavy atom. The van der Waals surface area contributed by atoms with Gasteiger partial charge in [-0.2, -0.15) is 0 Å². The first kappa shape index (κ1) is 14.3. The Morgan fingerprint density at radius 3 is 2.62 bits per heavy atom. The van der Waals surface area contributed by atoms with Crippen molar-refractivity contribution in [1.29, 1.82) is 0 Å². The van der Waals surface area contributed by atoms with Crippen LogP contribution in [-0.4, -0.2) is 16.1 Å². The molecule has 0 saturated heterocycles. The molecule has 1 heterocycles. The lowest BCUT2D eigenvalue weighted by atomic mass is 10.1. The largest absolute Gasteiger partial charge is 0.328 e. The first-order valence-corrected chi connectivity index (χ1v) is 7.79. The van der Waals surface area contributed by atoms with Crippen molar-refractivity contribution in [2.75, 3.05) is 6.54 Å². The van der Waals surface area contributed by atoms with Gasteiger partial charge < -0.3 is 10.3 Å². The standard InChI is InChI=1S/C17H18BrN3/c1-11-7-15-16(8-12(11)2)21(10-20-15)17(9-19)13-5-3-4-6-14(13)18/h3-8,10,17H,9,19H2,1-2H3. The molecule has 2 N–H and O–H groups in total. The van der Waals surface area contributed by atoms with Crippen molar-refractivity contribution in [1.82, 2.24) is 9.55 Å². The van der Waals surface area contributed by atoms with Gasteiger partial charge in [-0.15, -0.1) is 0 Å². The Bertz CT molecular complexity index is 792. The van der Waals surface area contributed by atoms with E-state index >= 15 is 0 Å². The van der Waals surface area contributed by atoms with E-state index in [1.807, 2.05) is 24.5 Å². The molecule has 0 aliphatic carbocycles. The molecule has 0 aliphatic heterocycles. The zero-order chi connectivity index (χ0) is 15.0. The van der Waals surface area contributed by atoms with E-state index in [1.165, 1.54) is 16.7 Å². The van der Waals surface area contributed by atoms with Crippen LogP contribution in [0.4, 0.5) is 0 Å². The minimum Gasteiger partial charge on any atom is -0.328 e. The zero-order valence-corrected chi connectivity index (χ0v) is 13.8. The fraction of sp³-hybridized carbons (Fsp3) is 0.235. The number of aromatic nitrogens is 2. The monoisotopic (exact) mass is 343 g/mol. The van der Waals surface area contributed by atoms with Crippen LogP contribution in [0.25, 0.3) is 11.0 Å². The van der Waals surface area contributed by atoms with E-state index in [9.17, 15) is 0 Å². The number of aryl methyl sites for hydroxylation is 2. The summed E-state index contributed by atoms with van der Waals surface area (Å²) in [7, 11) is 0. The number of halogens is 1. The van der Waals surface area contributed by atoms with Crippen LogP contribution in [0.3, 0.4) is 0 Å². The van der Waals surface area contributed by atoms with E-state index in [0.717, 1.165) is 15.5 Å². The molecule has 0 bridgehead atoms. The second kappa shape index (κ2) is 5.62. The molecule has 21 heavy (non-hydrogen) atoms. The Hall–Kier alpha value is -1.65. The molecule has 0 amide bonds. The summed E-state index contributed by atoms with van der Waals surface area (Å²) in [5.41, 5.74) is 11.9. The van der Waals surface area contributed by atoms with Crippen LogP contribution in [0.5, 0.6) is 0 Å². The second-order valence-electron chi connectivity index (χ2n) is 5.35. The third kappa shape index (κ3) is 2.49. The van der Waals surface area contributed by atoms with Crippen molar-refractivity contribution in [2.24, 2.45) is 5.73 Å². The van der Waals surface area contributed by atoms with E-state index in [2.05, 4.69) is 57.5 Å². The molecule has 1 unspecified atom stereocenters. The minimum atomic E-state index is 0.0766. The van der Waals surface area contributed by atoms with Gasteiger partial charge in [-0.25, -0.2) is 4.98 Å². The van der Waals surface area contributed by atoms with Crippen LogP contribution in [0.1, 0.15) is 22.7 Å². The lowest BCUT2D eigenvalue weighted by molar-refractivity contribution is 0.608. The predicted molar refractivity (Wildman–Crippen MR) is 90.5 cm³/mol.